The van der Waals surface area contributed by atoms with Crippen molar-refractivity contribution in [3.8, 4) is 5.75 Å². The van der Waals surface area contributed by atoms with Gasteiger partial charge in [-0.3, -0.25) is 14.8 Å². The highest BCUT2D eigenvalue weighted by Gasteiger charge is 2.31. The van der Waals surface area contributed by atoms with Crippen LogP contribution in [0.25, 0.3) is 17.0 Å². The van der Waals surface area contributed by atoms with Gasteiger partial charge in [0.05, 0.1) is 24.4 Å². The van der Waals surface area contributed by atoms with Crippen molar-refractivity contribution in [1.29, 1.82) is 0 Å². The predicted octanol–water partition coefficient (Wildman–Crippen LogP) is 4.06. The fourth-order valence-electron chi connectivity index (χ4n) is 5.38. The van der Waals surface area contributed by atoms with E-state index in [9.17, 15) is 13.6 Å². The highest BCUT2D eigenvalue weighted by atomic mass is 19.1. The molecular weight excluding hydrogens is 490 g/mol. The molecule has 10 heteroatoms. The molecular formula is C28H28F2N6O2. The fraction of sp³-hybridized carbons (Fsp3) is 0.321. The van der Waals surface area contributed by atoms with Crippen LogP contribution in [-0.4, -0.2) is 63.0 Å². The van der Waals surface area contributed by atoms with E-state index in [1.54, 1.807) is 36.5 Å². The second-order valence-electron chi connectivity index (χ2n) is 9.81. The summed E-state index contributed by atoms with van der Waals surface area (Å²) in [7, 11) is 1.50. The number of rotatable bonds is 6. The maximum atomic E-state index is 14.9. The van der Waals surface area contributed by atoms with Gasteiger partial charge in [-0.25, -0.2) is 13.8 Å². The largest absolute Gasteiger partial charge is 0.496 e. The second-order valence-corrected chi connectivity index (χ2v) is 9.81. The molecule has 0 saturated carbocycles. The number of ether oxygens (including phenoxy) is 1. The molecule has 196 valence electrons. The van der Waals surface area contributed by atoms with Gasteiger partial charge in [-0.05, 0) is 42.8 Å². The van der Waals surface area contributed by atoms with Crippen LogP contribution in [0.1, 0.15) is 39.8 Å². The van der Waals surface area contributed by atoms with Gasteiger partial charge in [0.15, 0.2) is 0 Å². The Kier molecular flexibility index (Phi) is 6.40. The van der Waals surface area contributed by atoms with E-state index in [0.29, 0.717) is 30.0 Å². The quantitative estimate of drug-likeness (QED) is 0.402. The lowest BCUT2D eigenvalue weighted by atomic mass is 9.98. The van der Waals surface area contributed by atoms with Crippen molar-refractivity contribution in [2.45, 2.75) is 37.6 Å². The van der Waals surface area contributed by atoms with Crippen LogP contribution < -0.4 is 10.1 Å². The minimum absolute atomic E-state index is 0.0532. The Balaban J connectivity index is 1.18. The number of imidazole rings is 1. The van der Waals surface area contributed by atoms with Crippen LogP contribution in [0.2, 0.25) is 0 Å². The number of piperidine rings is 1. The summed E-state index contributed by atoms with van der Waals surface area (Å²) >= 11 is 0. The number of fused-ring (bicyclic) bond motifs is 2. The van der Waals surface area contributed by atoms with E-state index in [-0.39, 0.29) is 37.2 Å². The number of methoxy groups -OCH3 is 1. The number of hydrogen-bond acceptors (Lipinski definition) is 5. The first-order valence-electron chi connectivity index (χ1n) is 12.7. The third-order valence-electron chi connectivity index (χ3n) is 7.44. The number of hydrogen-bond donors (Lipinski definition) is 2. The van der Waals surface area contributed by atoms with Crippen LogP contribution >= 0.6 is 0 Å². The number of amides is 1. The van der Waals surface area contributed by atoms with Crippen LogP contribution in [0.4, 0.5) is 8.78 Å². The van der Waals surface area contributed by atoms with E-state index in [2.05, 4.69) is 31.1 Å². The number of H-pyrrole nitrogens is 1. The molecule has 1 saturated heterocycles. The van der Waals surface area contributed by atoms with Crippen molar-refractivity contribution in [2.75, 3.05) is 20.2 Å². The third-order valence-corrected chi connectivity index (χ3v) is 7.44. The van der Waals surface area contributed by atoms with Gasteiger partial charge in [-0.1, -0.05) is 12.1 Å². The summed E-state index contributed by atoms with van der Waals surface area (Å²) < 4.78 is 36.7. The summed E-state index contributed by atoms with van der Waals surface area (Å²) in [6.45, 7) is 1.72. The second kappa shape index (κ2) is 10.0. The first kappa shape index (κ1) is 24.3. The zero-order valence-electron chi connectivity index (χ0n) is 20.9. The molecule has 1 amide bonds. The van der Waals surface area contributed by atoms with Crippen molar-refractivity contribution >= 4 is 22.9 Å². The number of nitrogens with one attached hydrogen (secondary N) is 2. The fourth-order valence-corrected chi connectivity index (χ4v) is 5.38. The first-order chi connectivity index (χ1) is 18.5. The van der Waals surface area contributed by atoms with Gasteiger partial charge in [0.2, 0.25) is 0 Å². The number of benzene rings is 2. The minimum Gasteiger partial charge on any atom is -0.496 e. The lowest BCUT2D eigenvalue weighted by Crippen LogP contribution is -2.53. The number of carbonyl (C=O) groups excluding carboxylic acids is 1. The van der Waals surface area contributed by atoms with Crippen LogP contribution in [0.3, 0.4) is 0 Å². The smallest absolute Gasteiger partial charge is 0.251 e. The molecule has 0 spiro atoms. The minimum atomic E-state index is -1.19. The average Bonchev–Trinajstić information content (AvgIpc) is 3.57. The van der Waals surface area contributed by atoms with Crippen LogP contribution in [0.5, 0.6) is 5.75 Å². The number of likely N-dealkylation sites (tertiary alicyclic amines) is 1. The molecule has 2 aliphatic heterocycles. The molecule has 4 heterocycles. The summed E-state index contributed by atoms with van der Waals surface area (Å²) in [5, 5.41) is 11.3. The number of allylic oxidation sites excluding steroid dienone is 1. The Morgan fingerprint density at radius 2 is 2.16 bits per heavy atom. The Morgan fingerprint density at radius 3 is 3.03 bits per heavy atom. The number of aromatic nitrogens is 4. The highest BCUT2D eigenvalue weighted by Crippen LogP contribution is 2.30. The number of nitrogens with zero attached hydrogens (tertiary/aromatic N) is 4. The van der Waals surface area contributed by atoms with E-state index in [1.165, 1.54) is 13.2 Å². The van der Waals surface area contributed by atoms with Crippen molar-refractivity contribution in [3.63, 3.8) is 0 Å². The molecule has 38 heavy (non-hydrogen) atoms. The van der Waals surface area contributed by atoms with Gasteiger partial charge in [0.1, 0.15) is 23.6 Å². The molecule has 2 aliphatic rings. The lowest BCUT2D eigenvalue weighted by molar-refractivity contribution is 0.0766. The molecule has 3 atom stereocenters. The Morgan fingerprint density at radius 1 is 1.26 bits per heavy atom. The molecule has 2 N–H and O–H groups in total. The third kappa shape index (κ3) is 4.56. The Hall–Kier alpha value is -4.05. The molecule has 8 nitrogen and oxygen atoms in total. The zero-order chi connectivity index (χ0) is 26.2. The number of alkyl halides is 1. The number of carbonyl (C=O) groups is 1. The van der Waals surface area contributed by atoms with E-state index in [0.717, 1.165) is 22.4 Å². The van der Waals surface area contributed by atoms with Crippen molar-refractivity contribution in [1.82, 2.24) is 30.0 Å². The molecule has 0 radical (unpaired) electrons. The zero-order valence-corrected chi connectivity index (χ0v) is 20.9. The standard InChI is InChI=1S/C28H28F2N6O2/c1-38-25-4-2-3-21(29)20(25)15-35-11-9-22(30)24(16-35)32-28(37)17-5-7-23-19(13-17)27(34-33-23)18-6-8-26-31-10-12-36(26)14-18/h2-8,10,12-13,18,22,24H,9,11,14-16H2,1H3,(H,32,37)(H,33,34). The average molecular weight is 519 g/mol. The first-order valence-corrected chi connectivity index (χ1v) is 12.7. The predicted molar refractivity (Wildman–Crippen MR) is 139 cm³/mol. The molecule has 1 fully saturated rings. The molecule has 2 aromatic heterocycles. The van der Waals surface area contributed by atoms with Crippen LogP contribution in [-0.2, 0) is 13.1 Å². The van der Waals surface area contributed by atoms with Crippen LogP contribution in [0, 0.1) is 5.82 Å². The van der Waals surface area contributed by atoms with E-state index < -0.39 is 12.2 Å². The van der Waals surface area contributed by atoms with Gasteiger partial charge in [-0.15, -0.1) is 0 Å². The summed E-state index contributed by atoms with van der Waals surface area (Å²) in [5.74, 6) is 0.689. The SMILES string of the molecule is COc1cccc(F)c1CN1CCC(F)C(NC(=O)c2ccc3n[nH]c(C4C=Cc5nccn5C4)c3c2)C1. The molecule has 0 aliphatic carbocycles. The normalized spacial score (nSPS) is 21.4. The molecule has 4 aromatic rings. The Labute approximate surface area is 218 Å². The van der Waals surface area contributed by atoms with Crippen molar-refractivity contribution in [3.05, 3.63) is 83.3 Å². The van der Waals surface area contributed by atoms with Gasteiger partial charge < -0.3 is 14.6 Å². The van der Waals surface area contributed by atoms with Crippen molar-refractivity contribution < 1.29 is 18.3 Å². The monoisotopic (exact) mass is 518 g/mol. The topological polar surface area (TPSA) is 88.1 Å². The lowest BCUT2D eigenvalue weighted by Gasteiger charge is -2.35. The van der Waals surface area contributed by atoms with E-state index in [4.69, 9.17) is 4.74 Å². The van der Waals surface area contributed by atoms with Gasteiger partial charge in [0, 0.05) is 61.0 Å². The summed E-state index contributed by atoms with van der Waals surface area (Å²) in [4.78, 5) is 19.5. The van der Waals surface area contributed by atoms with Gasteiger partial charge in [-0.2, -0.15) is 5.10 Å². The summed E-state index contributed by atoms with van der Waals surface area (Å²) in [5.41, 5.74) is 2.53. The Bertz CT molecular complexity index is 1510. The summed E-state index contributed by atoms with van der Waals surface area (Å²) in [6.07, 6.45) is 6.82. The number of halogens is 2. The molecule has 6 rings (SSSR count). The maximum Gasteiger partial charge on any atom is 0.251 e. The molecule has 0 bridgehead atoms. The van der Waals surface area contributed by atoms with Crippen LogP contribution in [0.15, 0.2) is 54.9 Å². The van der Waals surface area contributed by atoms with E-state index in [1.807, 2.05) is 17.2 Å². The van der Waals surface area contributed by atoms with Crippen molar-refractivity contribution in [2.24, 2.45) is 0 Å². The maximum absolute atomic E-state index is 14.9. The summed E-state index contributed by atoms with van der Waals surface area (Å²) in [6, 6.07) is 9.27. The van der Waals surface area contributed by atoms with Gasteiger partial charge in [0.25, 0.3) is 5.91 Å². The molecule has 2 aromatic carbocycles. The number of aromatic amines is 1. The highest BCUT2D eigenvalue weighted by molar-refractivity contribution is 5.98. The molecule has 3 unspecified atom stereocenters. The van der Waals surface area contributed by atoms with E-state index >= 15 is 0 Å². The van der Waals surface area contributed by atoms with Gasteiger partial charge >= 0.3 is 0 Å².